The molecule has 2 aliphatic heterocycles. The molecule has 3 aliphatic rings. The first kappa shape index (κ1) is 14.1. The summed E-state index contributed by atoms with van der Waals surface area (Å²) in [5.41, 5.74) is 0.00389. The van der Waals surface area contributed by atoms with Crippen molar-refractivity contribution in [1.82, 2.24) is 10.6 Å². The molecule has 18 heavy (non-hydrogen) atoms. The molecule has 2 unspecified atom stereocenters. The van der Waals surface area contributed by atoms with Crippen LogP contribution in [0.25, 0.3) is 0 Å². The van der Waals surface area contributed by atoms with Crippen molar-refractivity contribution in [2.45, 2.75) is 76.4 Å². The number of carbonyl (C=O) groups excluding carboxylic acids is 1. The molecule has 0 aromatic heterocycles. The average molecular weight is 273 g/mol. The maximum absolute atomic E-state index is 12.3. The largest absolute Gasteiger partial charge is 0.353 e. The third-order valence-electron chi connectivity index (χ3n) is 5.28. The summed E-state index contributed by atoms with van der Waals surface area (Å²) >= 11 is 0. The normalized spacial score (nSPS) is 36.4. The molecule has 0 spiro atoms. The van der Waals surface area contributed by atoms with Gasteiger partial charge in [-0.3, -0.25) is 4.79 Å². The van der Waals surface area contributed by atoms with Gasteiger partial charge in [-0.2, -0.15) is 0 Å². The Balaban J connectivity index is 0.00000120. The molecule has 2 bridgehead atoms. The van der Waals surface area contributed by atoms with E-state index in [-0.39, 0.29) is 17.8 Å². The minimum atomic E-state index is 0. The standard InChI is InChI=1S/C14H24N2O.ClH/c1-2-14(6-3-7-14)13(17)16-12-8-10-4-5-11(9-12)15-10;/h10-12,15H,2-9H2,1H3,(H,16,17);1H. The number of piperidine rings is 1. The molecule has 3 rings (SSSR count). The molecular weight excluding hydrogens is 248 g/mol. The highest BCUT2D eigenvalue weighted by Crippen LogP contribution is 2.44. The van der Waals surface area contributed by atoms with E-state index >= 15 is 0 Å². The van der Waals surface area contributed by atoms with Crippen molar-refractivity contribution in [3.63, 3.8) is 0 Å². The smallest absolute Gasteiger partial charge is 0.226 e. The molecule has 2 saturated heterocycles. The zero-order valence-corrected chi connectivity index (χ0v) is 12.0. The highest BCUT2D eigenvalue weighted by Gasteiger charge is 2.44. The molecule has 4 heteroatoms. The van der Waals surface area contributed by atoms with Gasteiger partial charge in [0.15, 0.2) is 0 Å². The fourth-order valence-corrected chi connectivity index (χ4v) is 3.86. The second-order valence-electron chi connectivity index (χ2n) is 6.27. The summed E-state index contributed by atoms with van der Waals surface area (Å²) in [5, 5.41) is 6.96. The number of carbonyl (C=O) groups is 1. The zero-order valence-electron chi connectivity index (χ0n) is 11.2. The molecule has 0 aromatic carbocycles. The zero-order chi connectivity index (χ0) is 11.9. The Bertz CT molecular complexity index is 299. The SMILES string of the molecule is CCC1(C(=O)NC2CC3CCC(C2)N3)CCC1.Cl. The van der Waals surface area contributed by atoms with Crippen molar-refractivity contribution >= 4 is 18.3 Å². The third kappa shape index (κ3) is 2.39. The van der Waals surface area contributed by atoms with Crippen LogP contribution in [0.5, 0.6) is 0 Å². The number of hydrogen-bond donors (Lipinski definition) is 2. The Morgan fingerprint density at radius 2 is 1.89 bits per heavy atom. The molecule has 3 nitrogen and oxygen atoms in total. The van der Waals surface area contributed by atoms with Crippen molar-refractivity contribution in [3.05, 3.63) is 0 Å². The van der Waals surface area contributed by atoms with Crippen LogP contribution in [0.1, 0.15) is 58.3 Å². The van der Waals surface area contributed by atoms with E-state index in [1.165, 1.54) is 19.3 Å². The van der Waals surface area contributed by atoms with Gasteiger partial charge in [0.05, 0.1) is 0 Å². The average Bonchev–Trinajstić information content (AvgIpc) is 2.57. The minimum Gasteiger partial charge on any atom is -0.353 e. The van der Waals surface area contributed by atoms with Crippen LogP contribution in [-0.4, -0.2) is 24.0 Å². The fourth-order valence-electron chi connectivity index (χ4n) is 3.86. The lowest BCUT2D eigenvalue weighted by atomic mass is 9.66. The van der Waals surface area contributed by atoms with Gasteiger partial charge >= 0.3 is 0 Å². The Morgan fingerprint density at radius 1 is 1.28 bits per heavy atom. The van der Waals surface area contributed by atoms with Crippen LogP contribution in [0.3, 0.4) is 0 Å². The van der Waals surface area contributed by atoms with Gasteiger partial charge in [0, 0.05) is 23.5 Å². The number of amides is 1. The predicted molar refractivity (Wildman–Crippen MR) is 74.9 cm³/mol. The number of rotatable bonds is 3. The lowest BCUT2D eigenvalue weighted by molar-refractivity contribution is -0.137. The van der Waals surface area contributed by atoms with Gasteiger partial charge in [0.1, 0.15) is 0 Å². The summed E-state index contributed by atoms with van der Waals surface area (Å²) in [6.45, 7) is 2.16. The van der Waals surface area contributed by atoms with Crippen LogP contribution in [0.4, 0.5) is 0 Å². The van der Waals surface area contributed by atoms with Gasteiger partial charge in [-0.25, -0.2) is 0 Å². The minimum absolute atomic E-state index is 0. The van der Waals surface area contributed by atoms with Gasteiger partial charge in [0.25, 0.3) is 0 Å². The summed E-state index contributed by atoms with van der Waals surface area (Å²) in [5.74, 6) is 0.345. The lowest BCUT2D eigenvalue weighted by Gasteiger charge is -2.41. The number of nitrogens with one attached hydrogen (secondary N) is 2. The highest BCUT2D eigenvalue weighted by atomic mass is 35.5. The molecule has 104 valence electrons. The van der Waals surface area contributed by atoms with Gasteiger partial charge in [-0.1, -0.05) is 13.3 Å². The van der Waals surface area contributed by atoms with Crippen LogP contribution in [0.2, 0.25) is 0 Å². The maximum atomic E-state index is 12.3. The molecular formula is C14H25ClN2O. The molecule has 0 aromatic rings. The van der Waals surface area contributed by atoms with E-state index in [1.54, 1.807) is 0 Å². The van der Waals surface area contributed by atoms with Crippen LogP contribution in [0, 0.1) is 5.41 Å². The van der Waals surface area contributed by atoms with E-state index in [1.807, 2.05) is 0 Å². The first-order valence-corrected chi connectivity index (χ1v) is 7.29. The van der Waals surface area contributed by atoms with Crippen LogP contribution < -0.4 is 10.6 Å². The van der Waals surface area contributed by atoms with E-state index in [4.69, 9.17) is 0 Å². The van der Waals surface area contributed by atoms with Crippen molar-refractivity contribution in [2.75, 3.05) is 0 Å². The van der Waals surface area contributed by atoms with E-state index < -0.39 is 0 Å². The number of hydrogen-bond acceptors (Lipinski definition) is 2. The predicted octanol–water partition coefficient (Wildman–Crippen LogP) is 2.39. The van der Waals surface area contributed by atoms with Crippen molar-refractivity contribution in [1.29, 1.82) is 0 Å². The highest BCUT2D eigenvalue weighted by molar-refractivity contribution is 5.85. The molecule has 2 heterocycles. The van der Waals surface area contributed by atoms with Crippen molar-refractivity contribution < 1.29 is 4.79 Å². The van der Waals surface area contributed by atoms with Gasteiger partial charge in [0.2, 0.25) is 5.91 Å². The van der Waals surface area contributed by atoms with E-state index in [2.05, 4.69) is 17.6 Å². The summed E-state index contributed by atoms with van der Waals surface area (Å²) in [4.78, 5) is 12.3. The second kappa shape index (κ2) is 5.38. The Labute approximate surface area is 116 Å². The van der Waals surface area contributed by atoms with Crippen LogP contribution >= 0.6 is 12.4 Å². The molecule has 1 amide bonds. The topological polar surface area (TPSA) is 41.1 Å². The molecule has 1 aliphatic carbocycles. The third-order valence-corrected chi connectivity index (χ3v) is 5.28. The van der Waals surface area contributed by atoms with E-state index in [9.17, 15) is 4.79 Å². The molecule has 0 radical (unpaired) electrons. The Kier molecular flexibility index (Phi) is 4.22. The van der Waals surface area contributed by atoms with Crippen LogP contribution in [-0.2, 0) is 4.79 Å². The Morgan fingerprint density at radius 3 is 2.33 bits per heavy atom. The fraction of sp³-hybridized carbons (Fsp3) is 0.929. The van der Waals surface area contributed by atoms with Crippen molar-refractivity contribution in [3.8, 4) is 0 Å². The summed E-state index contributed by atoms with van der Waals surface area (Å²) in [6.07, 6.45) is 9.34. The maximum Gasteiger partial charge on any atom is 0.226 e. The Hall–Kier alpha value is -0.280. The molecule has 3 fully saturated rings. The quantitative estimate of drug-likeness (QED) is 0.828. The van der Waals surface area contributed by atoms with Gasteiger partial charge in [-0.05, 0) is 44.9 Å². The first-order chi connectivity index (χ1) is 8.22. The van der Waals surface area contributed by atoms with Gasteiger partial charge in [-0.15, -0.1) is 12.4 Å². The van der Waals surface area contributed by atoms with Crippen LogP contribution in [0.15, 0.2) is 0 Å². The number of halogens is 1. The van der Waals surface area contributed by atoms with Gasteiger partial charge < -0.3 is 10.6 Å². The van der Waals surface area contributed by atoms with E-state index in [0.29, 0.717) is 24.0 Å². The summed E-state index contributed by atoms with van der Waals surface area (Å²) in [6, 6.07) is 1.77. The lowest BCUT2D eigenvalue weighted by Crippen LogP contribution is -2.53. The first-order valence-electron chi connectivity index (χ1n) is 7.29. The number of fused-ring (bicyclic) bond motifs is 2. The molecule has 1 saturated carbocycles. The molecule has 2 N–H and O–H groups in total. The monoisotopic (exact) mass is 272 g/mol. The summed E-state index contributed by atoms with van der Waals surface area (Å²) in [7, 11) is 0. The molecule has 2 atom stereocenters. The van der Waals surface area contributed by atoms with Crippen molar-refractivity contribution in [2.24, 2.45) is 5.41 Å². The van der Waals surface area contributed by atoms with E-state index in [0.717, 1.165) is 32.1 Å². The second-order valence-corrected chi connectivity index (χ2v) is 6.27. The summed E-state index contributed by atoms with van der Waals surface area (Å²) < 4.78 is 0.